The molecule has 22 heavy (non-hydrogen) atoms. The fraction of sp³-hybridized carbons (Fsp3) is 0.0667. The van der Waals surface area contributed by atoms with Gasteiger partial charge in [-0.15, -0.1) is 0 Å². The van der Waals surface area contributed by atoms with Gasteiger partial charge in [0.05, 0.1) is 28.6 Å². The molecule has 0 N–H and O–H groups in total. The lowest BCUT2D eigenvalue weighted by Gasteiger charge is -2.04. The van der Waals surface area contributed by atoms with E-state index in [1.54, 1.807) is 24.3 Å². The largest absolute Gasteiger partial charge is 0.420 e. The van der Waals surface area contributed by atoms with E-state index in [1.165, 1.54) is 22.8 Å². The summed E-state index contributed by atoms with van der Waals surface area (Å²) in [6.45, 7) is 0.108. The predicted octanol–water partition coefficient (Wildman–Crippen LogP) is 2.42. The third-order valence-electron chi connectivity index (χ3n) is 3.33. The van der Waals surface area contributed by atoms with Crippen LogP contribution in [0.1, 0.15) is 11.1 Å². The molecule has 0 bridgehead atoms. The van der Waals surface area contributed by atoms with Crippen LogP contribution in [0, 0.1) is 21.4 Å². The molecule has 3 aromatic rings. The second-order valence-electron chi connectivity index (χ2n) is 4.63. The van der Waals surface area contributed by atoms with Crippen LogP contribution in [0.5, 0.6) is 0 Å². The van der Waals surface area contributed by atoms with Gasteiger partial charge in [-0.2, -0.15) is 5.26 Å². The van der Waals surface area contributed by atoms with Gasteiger partial charge in [0, 0.05) is 12.1 Å². The Morgan fingerprint density at radius 3 is 2.77 bits per heavy atom. The summed E-state index contributed by atoms with van der Waals surface area (Å²) >= 11 is 0. The number of hydrogen-bond donors (Lipinski definition) is 0. The Kier molecular flexibility index (Phi) is 3.20. The second kappa shape index (κ2) is 5.18. The molecule has 0 amide bonds. The Balaban J connectivity index is 2.16. The van der Waals surface area contributed by atoms with E-state index in [0.717, 1.165) is 0 Å². The Morgan fingerprint density at radius 1 is 1.27 bits per heavy atom. The monoisotopic (exact) mass is 295 g/mol. The van der Waals surface area contributed by atoms with Crippen molar-refractivity contribution in [2.24, 2.45) is 0 Å². The van der Waals surface area contributed by atoms with Gasteiger partial charge in [-0.05, 0) is 17.7 Å². The van der Waals surface area contributed by atoms with Gasteiger partial charge >= 0.3 is 5.76 Å². The SMILES string of the molecule is N#Cc1ccccc1Cn1c(=O)oc2ccc([N+](=O)[O-])cc21. The summed E-state index contributed by atoms with van der Waals surface area (Å²) in [5.41, 5.74) is 1.54. The molecule has 108 valence electrons. The van der Waals surface area contributed by atoms with Crippen LogP contribution in [-0.2, 0) is 6.54 Å². The number of non-ortho nitro benzene ring substituents is 1. The molecule has 0 saturated carbocycles. The lowest BCUT2D eigenvalue weighted by atomic mass is 10.1. The van der Waals surface area contributed by atoms with Crippen molar-refractivity contribution in [3.05, 3.63) is 74.3 Å². The zero-order valence-corrected chi connectivity index (χ0v) is 11.2. The average molecular weight is 295 g/mol. The van der Waals surface area contributed by atoms with Crippen molar-refractivity contribution in [3.8, 4) is 6.07 Å². The molecule has 7 heteroatoms. The van der Waals surface area contributed by atoms with Gasteiger partial charge in [0.1, 0.15) is 0 Å². The Morgan fingerprint density at radius 2 is 2.05 bits per heavy atom. The fourth-order valence-corrected chi connectivity index (χ4v) is 2.25. The van der Waals surface area contributed by atoms with E-state index in [9.17, 15) is 14.9 Å². The summed E-state index contributed by atoms with van der Waals surface area (Å²) in [4.78, 5) is 22.3. The quantitative estimate of drug-likeness (QED) is 0.545. The summed E-state index contributed by atoms with van der Waals surface area (Å²) in [5.74, 6) is -0.622. The molecule has 0 aliphatic heterocycles. The maximum Gasteiger partial charge on any atom is 0.420 e. The van der Waals surface area contributed by atoms with E-state index >= 15 is 0 Å². The molecule has 0 atom stereocenters. The van der Waals surface area contributed by atoms with Crippen LogP contribution in [0.2, 0.25) is 0 Å². The predicted molar refractivity (Wildman–Crippen MR) is 77.4 cm³/mol. The molecule has 0 aliphatic rings. The van der Waals surface area contributed by atoms with Gasteiger partial charge < -0.3 is 4.42 Å². The van der Waals surface area contributed by atoms with E-state index in [2.05, 4.69) is 6.07 Å². The summed E-state index contributed by atoms with van der Waals surface area (Å²) in [6.07, 6.45) is 0. The minimum absolute atomic E-state index is 0.108. The zero-order valence-electron chi connectivity index (χ0n) is 11.2. The minimum Gasteiger partial charge on any atom is -0.408 e. The standard InChI is InChI=1S/C15H9N3O4/c16-8-10-3-1-2-4-11(10)9-17-13-7-12(18(20)21)5-6-14(13)22-15(17)19/h1-7H,9H2. The Hall–Kier alpha value is -3.40. The molecule has 2 aromatic carbocycles. The maximum atomic E-state index is 12.0. The maximum absolute atomic E-state index is 12.0. The molecular weight excluding hydrogens is 286 g/mol. The number of nitrogens with zero attached hydrogens (tertiary/aromatic N) is 3. The summed E-state index contributed by atoms with van der Waals surface area (Å²) < 4.78 is 6.36. The van der Waals surface area contributed by atoms with Crippen LogP contribution < -0.4 is 5.76 Å². The molecule has 7 nitrogen and oxygen atoms in total. The Labute approximate surface area is 123 Å². The van der Waals surface area contributed by atoms with Crippen LogP contribution >= 0.6 is 0 Å². The topological polar surface area (TPSA) is 102 Å². The summed E-state index contributed by atoms with van der Waals surface area (Å²) in [6, 6.07) is 12.9. The van der Waals surface area contributed by atoms with Crippen LogP contribution in [-0.4, -0.2) is 9.49 Å². The van der Waals surface area contributed by atoms with E-state index in [-0.39, 0.29) is 17.8 Å². The van der Waals surface area contributed by atoms with Crippen LogP contribution in [0.4, 0.5) is 5.69 Å². The third kappa shape index (κ3) is 2.23. The number of fused-ring (bicyclic) bond motifs is 1. The van der Waals surface area contributed by atoms with Gasteiger partial charge in [0.15, 0.2) is 5.58 Å². The third-order valence-corrected chi connectivity index (χ3v) is 3.33. The highest BCUT2D eigenvalue weighted by Gasteiger charge is 2.15. The van der Waals surface area contributed by atoms with Crippen molar-refractivity contribution in [1.82, 2.24) is 4.57 Å². The molecule has 0 radical (unpaired) electrons. The molecule has 0 unspecified atom stereocenters. The highest BCUT2D eigenvalue weighted by Crippen LogP contribution is 2.21. The van der Waals surface area contributed by atoms with Crippen LogP contribution in [0.15, 0.2) is 51.7 Å². The highest BCUT2D eigenvalue weighted by atomic mass is 16.6. The molecule has 3 rings (SSSR count). The number of rotatable bonds is 3. The first-order valence-electron chi connectivity index (χ1n) is 6.36. The van der Waals surface area contributed by atoms with Crippen LogP contribution in [0.3, 0.4) is 0 Å². The summed E-state index contributed by atoms with van der Waals surface area (Å²) in [7, 11) is 0. The Bertz CT molecular complexity index is 978. The van der Waals surface area contributed by atoms with Gasteiger partial charge in [0.2, 0.25) is 0 Å². The van der Waals surface area contributed by atoms with E-state index in [4.69, 9.17) is 9.68 Å². The average Bonchev–Trinajstić information content (AvgIpc) is 2.83. The van der Waals surface area contributed by atoms with Crippen molar-refractivity contribution < 1.29 is 9.34 Å². The van der Waals surface area contributed by atoms with Gasteiger partial charge in [-0.1, -0.05) is 18.2 Å². The fourth-order valence-electron chi connectivity index (χ4n) is 2.25. The highest BCUT2D eigenvalue weighted by molar-refractivity contribution is 5.76. The number of nitro benzene ring substituents is 1. The molecule has 1 aromatic heterocycles. The number of oxazole rings is 1. The molecule has 0 spiro atoms. The number of nitro groups is 1. The van der Waals surface area contributed by atoms with Crippen molar-refractivity contribution >= 4 is 16.8 Å². The molecule has 1 heterocycles. The van der Waals surface area contributed by atoms with Crippen LogP contribution in [0.25, 0.3) is 11.1 Å². The summed E-state index contributed by atoms with van der Waals surface area (Å²) in [5, 5.41) is 20.0. The van der Waals surface area contributed by atoms with Crippen molar-refractivity contribution in [1.29, 1.82) is 5.26 Å². The van der Waals surface area contributed by atoms with Crippen molar-refractivity contribution in [2.75, 3.05) is 0 Å². The van der Waals surface area contributed by atoms with Crippen molar-refractivity contribution in [2.45, 2.75) is 6.54 Å². The molecule has 0 fully saturated rings. The first-order valence-corrected chi connectivity index (χ1v) is 6.36. The molecular formula is C15H9N3O4. The lowest BCUT2D eigenvalue weighted by molar-refractivity contribution is -0.384. The number of nitriles is 1. The first-order chi connectivity index (χ1) is 10.6. The normalized spacial score (nSPS) is 10.5. The minimum atomic E-state index is -0.622. The zero-order chi connectivity index (χ0) is 15.7. The van der Waals surface area contributed by atoms with E-state index in [1.807, 2.05) is 0 Å². The lowest BCUT2D eigenvalue weighted by Crippen LogP contribution is -2.15. The smallest absolute Gasteiger partial charge is 0.408 e. The number of aromatic nitrogens is 1. The van der Waals surface area contributed by atoms with E-state index < -0.39 is 10.7 Å². The number of benzene rings is 2. The van der Waals surface area contributed by atoms with E-state index in [0.29, 0.717) is 16.6 Å². The van der Waals surface area contributed by atoms with Gasteiger partial charge in [-0.25, -0.2) is 4.79 Å². The van der Waals surface area contributed by atoms with Gasteiger partial charge in [-0.3, -0.25) is 14.7 Å². The number of hydrogen-bond acceptors (Lipinski definition) is 5. The molecule has 0 aliphatic carbocycles. The van der Waals surface area contributed by atoms with Gasteiger partial charge in [0.25, 0.3) is 5.69 Å². The molecule has 0 saturated heterocycles. The second-order valence-corrected chi connectivity index (χ2v) is 4.63. The first kappa shape index (κ1) is 13.6. The van der Waals surface area contributed by atoms with Crippen molar-refractivity contribution in [3.63, 3.8) is 0 Å².